The van der Waals surface area contributed by atoms with Crippen LogP contribution in [0.15, 0.2) is 66.9 Å². The number of hydrogen-bond acceptors (Lipinski definition) is 2. The highest BCUT2D eigenvalue weighted by atomic mass is 19.2. The fourth-order valence-electron chi connectivity index (χ4n) is 3.11. The average molecular weight is 403 g/mol. The van der Waals surface area contributed by atoms with Crippen molar-refractivity contribution in [2.75, 3.05) is 7.11 Å². The number of aromatic nitrogens is 1. The molecule has 1 heterocycles. The Bertz CT molecular complexity index is 1290. The number of fused-ring (bicyclic) bond motifs is 1. The molecule has 1 aromatic heterocycles. The maximum absolute atomic E-state index is 14.5. The van der Waals surface area contributed by atoms with Crippen molar-refractivity contribution in [3.05, 3.63) is 101 Å². The van der Waals surface area contributed by atoms with Crippen molar-refractivity contribution < 1.29 is 17.9 Å². The van der Waals surface area contributed by atoms with Gasteiger partial charge in [-0.1, -0.05) is 36.1 Å². The maximum atomic E-state index is 14.5. The van der Waals surface area contributed by atoms with Gasteiger partial charge < -0.3 is 4.74 Å². The summed E-state index contributed by atoms with van der Waals surface area (Å²) >= 11 is 0. The van der Waals surface area contributed by atoms with Gasteiger partial charge in [0.05, 0.1) is 17.9 Å². The van der Waals surface area contributed by atoms with Crippen molar-refractivity contribution in [2.45, 2.75) is 6.61 Å². The van der Waals surface area contributed by atoms with Crippen molar-refractivity contribution in [3.8, 4) is 23.1 Å². The van der Waals surface area contributed by atoms with Gasteiger partial charge in [-0.25, -0.2) is 13.2 Å². The summed E-state index contributed by atoms with van der Waals surface area (Å²) in [4.78, 5) is 4.33. The quantitative estimate of drug-likeness (QED) is 0.400. The third-order valence-corrected chi connectivity index (χ3v) is 4.65. The molecule has 0 saturated carbocycles. The van der Waals surface area contributed by atoms with Crippen LogP contribution >= 0.6 is 0 Å². The largest absolute Gasteiger partial charge is 0.380 e. The van der Waals surface area contributed by atoms with E-state index in [1.165, 1.54) is 18.2 Å². The highest BCUT2D eigenvalue weighted by molar-refractivity contribution is 5.84. The topological polar surface area (TPSA) is 22.1 Å². The zero-order valence-electron chi connectivity index (χ0n) is 16.0. The van der Waals surface area contributed by atoms with Gasteiger partial charge in [-0.15, -0.1) is 0 Å². The van der Waals surface area contributed by atoms with E-state index >= 15 is 0 Å². The van der Waals surface area contributed by atoms with Crippen LogP contribution in [0.1, 0.15) is 16.7 Å². The molecule has 4 aromatic rings. The normalized spacial score (nSPS) is 10.7. The molecular weight excluding hydrogens is 387 g/mol. The van der Waals surface area contributed by atoms with Crippen LogP contribution in [-0.4, -0.2) is 12.1 Å². The van der Waals surface area contributed by atoms with Crippen molar-refractivity contribution in [1.29, 1.82) is 0 Å². The lowest BCUT2D eigenvalue weighted by Crippen LogP contribution is -1.92. The summed E-state index contributed by atoms with van der Waals surface area (Å²) in [5.41, 5.74) is 3.04. The lowest BCUT2D eigenvalue weighted by atomic mass is 10.0. The molecule has 148 valence electrons. The molecule has 0 aliphatic heterocycles. The van der Waals surface area contributed by atoms with E-state index in [4.69, 9.17) is 4.74 Å². The average Bonchev–Trinajstić information content (AvgIpc) is 2.76. The summed E-state index contributed by atoms with van der Waals surface area (Å²) in [6, 6.07) is 15.7. The van der Waals surface area contributed by atoms with Crippen LogP contribution in [0.4, 0.5) is 13.2 Å². The van der Waals surface area contributed by atoms with E-state index < -0.39 is 17.5 Å². The second kappa shape index (κ2) is 8.40. The molecule has 0 radical (unpaired) electrons. The van der Waals surface area contributed by atoms with Crippen LogP contribution in [0, 0.1) is 29.3 Å². The molecule has 3 aromatic carbocycles. The van der Waals surface area contributed by atoms with E-state index in [1.807, 2.05) is 12.1 Å². The van der Waals surface area contributed by atoms with Crippen LogP contribution in [-0.2, 0) is 11.3 Å². The van der Waals surface area contributed by atoms with Crippen LogP contribution in [0.2, 0.25) is 0 Å². The molecule has 0 aliphatic rings. The molecule has 0 fully saturated rings. The van der Waals surface area contributed by atoms with E-state index in [9.17, 15) is 13.2 Å². The minimum Gasteiger partial charge on any atom is -0.380 e. The Labute approximate surface area is 172 Å². The van der Waals surface area contributed by atoms with E-state index in [0.29, 0.717) is 28.8 Å². The van der Waals surface area contributed by atoms with E-state index in [0.717, 1.165) is 11.6 Å². The predicted molar refractivity (Wildman–Crippen MR) is 110 cm³/mol. The standard InChI is InChI=1S/C25H16F3NO/c1-30-15-17-4-11-24(29-14-17)20-7-6-18(23(27)13-20)5-2-16-3-9-21-19(12-16)8-10-22(26)25(21)28/h3-4,6-14H,15H2,1H3. The van der Waals surface area contributed by atoms with Gasteiger partial charge in [-0.05, 0) is 47.3 Å². The lowest BCUT2D eigenvalue weighted by molar-refractivity contribution is 0.184. The number of hydrogen-bond donors (Lipinski definition) is 0. The first-order valence-electron chi connectivity index (χ1n) is 9.19. The first kappa shape index (κ1) is 19.7. The number of ether oxygens (including phenoxy) is 1. The monoisotopic (exact) mass is 403 g/mol. The molecule has 0 aliphatic carbocycles. The number of halogens is 3. The fourth-order valence-corrected chi connectivity index (χ4v) is 3.11. The maximum Gasteiger partial charge on any atom is 0.166 e. The van der Waals surface area contributed by atoms with Crippen molar-refractivity contribution in [2.24, 2.45) is 0 Å². The Morgan fingerprint density at radius 1 is 0.867 bits per heavy atom. The van der Waals surface area contributed by atoms with Crippen LogP contribution in [0.5, 0.6) is 0 Å². The molecule has 0 amide bonds. The summed E-state index contributed by atoms with van der Waals surface area (Å²) < 4.78 is 46.7. The number of pyridine rings is 1. The molecule has 0 saturated heterocycles. The zero-order chi connectivity index (χ0) is 21.1. The summed E-state index contributed by atoms with van der Waals surface area (Å²) in [6.07, 6.45) is 1.69. The minimum absolute atomic E-state index is 0.181. The molecule has 5 heteroatoms. The highest BCUT2D eigenvalue weighted by Gasteiger charge is 2.07. The third-order valence-electron chi connectivity index (χ3n) is 4.65. The first-order valence-corrected chi connectivity index (χ1v) is 9.19. The lowest BCUT2D eigenvalue weighted by Gasteiger charge is -2.04. The molecule has 0 atom stereocenters. The molecule has 30 heavy (non-hydrogen) atoms. The summed E-state index contributed by atoms with van der Waals surface area (Å²) in [5.74, 6) is 3.42. The molecule has 0 bridgehead atoms. The fraction of sp³-hybridized carbons (Fsp3) is 0.0800. The number of nitrogens with zero attached hydrogens (tertiary/aromatic N) is 1. The highest BCUT2D eigenvalue weighted by Crippen LogP contribution is 2.22. The van der Waals surface area contributed by atoms with Gasteiger partial charge in [0, 0.05) is 29.8 Å². The smallest absolute Gasteiger partial charge is 0.166 e. The Morgan fingerprint density at radius 3 is 2.47 bits per heavy atom. The van der Waals surface area contributed by atoms with Gasteiger partial charge in [-0.3, -0.25) is 4.98 Å². The molecule has 2 nitrogen and oxygen atoms in total. The van der Waals surface area contributed by atoms with Gasteiger partial charge in [-0.2, -0.15) is 0 Å². The molecule has 0 N–H and O–H groups in total. The Morgan fingerprint density at radius 2 is 1.73 bits per heavy atom. The van der Waals surface area contributed by atoms with Crippen molar-refractivity contribution in [1.82, 2.24) is 4.98 Å². The van der Waals surface area contributed by atoms with E-state index in [-0.39, 0.29) is 10.9 Å². The Balaban J connectivity index is 1.60. The summed E-state index contributed by atoms with van der Waals surface area (Å²) in [6.45, 7) is 0.465. The second-order valence-corrected chi connectivity index (χ2v) is 6.73. The van der Waals surface area contributed by atoms with Crippen LogP contribution in [0.3, 0.4) is 0 Å². The van der Waals surface area contributed by atoms with Crippen LogP contribution < -0.4 is 0 Å². The molecule has 0 unspecified atom stereocenters. The van der Waals surface area contributed by atoms with Gasteiger partial charge in [0.1, 0.15) is 5.82 Å². The van der Waals surface area contributed by atoms with E-state index in [2.05, 4.69) is 16.8 Å². The number of rotatable bonds is 3. The molecule has 0 spiro atoms. The van der Waals surface area contributed by atoms with Crippen molar-refractivity contribution >= 4 is 10.8 Å². The van der Waals surface area contributed by atoms with Crippen molar-refractivity contribution in [3.63, 3.8) is 0 Å². The third kappa shape index (κ3) is 4.05. The van der Waals surface area contributed by atoms with E-state index in [1.54, 1.807) is 37.6 Å². The van der Waals surface area contributed by atoms with Gasteiger partial charge in [0.25, 0.3) is 0 Å². The first-order chi connectivity index (χ1) is 14.5. The minimum atomic E-state index is -0.897. The van der Waals surface area contributed by atoms with Crippen LogP contribution in [0.25, 0.3) is 22.0 Å². The van der Waals surface area contributed by atoms with Gasteiger partial charge in [0.2, 0.25) is 0 Å². The number of benzene rings is 3. The number of methoxy groups -OCH3 is 1. The molecular formula is C25H16F3NO. The zero-order valence-corrected chi connectivity index (χ0v) is 16.0. The molecule has 4 rings (SSSR count). The predicted octanol–water partition coefficient (Wildman–Crippen LogP) is 5.87. The summed E-state index contributed by atoms with van der Waals surface area (Å²) in [7, 11) is 1.61. The van der Waals surface area contributed by atoms with Gasteiger partial charge >= 0.3 is 0 Å². The Hall–Kier alpha value is -3.62. The SMILES string of the molecule is COCc1ccc(-c2ccc(C#Cc3ccc4c(F)c(F)ccc4c3)c(F)c2)nc1. The van der Waals surface area contributed by atoms with Gasteiger partial charge in [0.15, 0.2) is 11.6 Å². The second-order valence-electron chi connectivity index (χ2n) is 6.73. The summed E-state index contributed by atoms with van der Waals surface area (Å²) in [5, 5.41) is 0.708. The Kier molecular flexibility index (Phi) is 5.51.